The summed E-state index contributed by atoms with van der Waals surface area (Å²) in [5.74, 6) is -0.702. The molecule has 19 heavy (non-hydrogen) atoms. The number of aliphatic carboxylic acids is 1. The van der Waals surface area contributed by atoms with Crippen molar-refractivity contribution in [3.8, 4) is 5.75 Å². The molecule has 0 aliphatic rings. The van der Waals surface area contributed by atoms with Crippen molar-refractivity contribution < 1.29 is 23.1 Å². The summed E-state index contributed by atoms with van der Waals surface area (Å²) < 4.78 is 27.8. The second kappa shape index (κ2) is 6.25. The molecule has 0 heterocycles. The molecule has 1 aromatic carbocycles. The minimum atomic E-state index is -3.81. The largest absolute Gasteiger partial charge is 0.482 e. The van der Waals surface area contributed by atoms with E-state index in [9.17, 15) is 13.2 Å². The third-order valence-corrected chi connectivity index (χ3v) is 4.11. The molecule has 1 N–H and O–H groups in total. The van der Waals surface area contributed by atoms with Crippen LogP contribution in [0.25, 0.3) is 0 Å². The lowest BCUT2D eigenvalue weighted by molar-refractivity contribution is -0.139. The molecule has 0 aliphatic heterocycles. The molecular formula is C12H15ClO5S. The molecule has 0 radical (unpaired) electrons. The third kappa shape index (κ3) is 4.40. The van der Waals surface area contributed by atoms with E-state index in [1.165, 1.54) is 18.2 Å². The van der Waals surface area contributed by atoms with Crippen molar-refractivity contribution in [1.82, 2.24) is 0 Å². The first kappa shape index (κ1) is 15.8. The Morgan fingerprint density at radius 2 is 2.11 bits per heavy atom. The van der Waals surface area contributed by atoms with Crippen molar-refractivity contribution in [2.75, 3.05) is 6.61 Å². The fourth-order valence-electron chi connectivity index (χ4n) is 1.55. The van der Waals surface area contributed by atoms with E-state index >= 15 is 0 Å². The van der Waals surface area contributed by atoms with Gasteiger partial charge in [0.25, 0.3) is 9.05 Å². The maximum absolute atomic E-state index is 11.3. The van der Waals surface area contributed by atoms with Crippen LogP contribution in [0.3, 0.4) is 0 Å². The maximum Gasteiger partial charge on any atom is 0.341 e. The van der Waals surface area contributed by atoms with E-state index in [0.29, 0.717) is 11.3 Å². The summed E-state index contributed by atoms with van der Waals surface area (Å²) in [6.07, 6.45) is 0.759. The van der Waals surface area contributed by atoms with Gasteiger partial charge in [-0.3, -0.25) is 0 Å². The number of hydrogen-bond donors (Lipinski definition) is 1. The van der Waals surface area contributed by atoms with Gasteiger partial charge in [0.05, 0.1) is 4.90 Å². The first-order chi connectivity index (χ1) is 8.75. The SMILES string of the molecule is CCC(C)c1cc(S(=O)(=O)Cl)ccc1OCC(=O)O. The predicted octanol–water partition coefficient (Wildman–Crippen LogP) is 2.59. The lowest BCUT2D eigenvalue weighted by Gasteiger charge is -2.15. The summed E-state index contributed by atoms with van der Waals surface area (Å²) in [7, 11) is 1.48. The number of halogens is 1. The van der Waals surface area contributed by atoms with Gasteiger partial charge in [-0.15, -0.1) is 0 Å². The van der Waals surface area contributed by atoms with E-state index in [4.69, 9.17) is 20.5 Å². The Hall–Kier alpha value is -1.27. The van der Waals surface area contributed by atoms with E-state index < -0.39 is 21.6 Å². The number of carboxylic acid groups (broad SMARTS) is 1. The van der Waals surface area contributed by atoms with Crippen LogP contribution in [-0.4, -0.2) is 26.1 Å². The molecular weight excluding hydrogens is 292 g/mol. The van der Waals surface area contributed by atoms with Gasteiger partial charge < -0.3 is 9.84 Å². The van der Waals surface area contributed by atoms with E-state index in [1.54, 1.807) is 0 Å². The average Bonchev–Trinajstić information content (AvgIpc) is 2.34. The van der Waals surface area contributed by atoms with Gasteiger partial charge in [-0.05, 0) is 36.1 Å². The van der Waals surface area contributed by atoms with Crippen molar-refractivity contribution in [1.29, 1.82) is 0 Å². The van der Waals surface area contributed by atoms with Gasteiger partial charge in [0.1, 0.15) is 5.75 Å². The molecule has 0 aromatic heterocycles. The van der Waals surface area contributed by atoms with Crippen molar-refractivity contribution in [3.63, 3.8) is 0 Å². The van der Waals surface area contributed by atoms with E-state index in [1.807, 2.05) is 13.8 Å². The van der Waals surface area contributed by atoms with Crippen molar-refractivity contribution in [2.45, 2.75) is 31.1 Å². The first-order valence-electron chi connectivity index (χ1n) is 5.69. The number of carboxylic acids is 1. The lowest BCUT2D eigenvalue weighted by Crippen LogP contribution is -2.11. The van der Waals surface area contributed by atoms with Gasteiger partial charge in [-0.1, -0.05) is 13.8 Å². The highest BCUT2D eigenvalue weighted by molar-refractivity contribution is 8.13. The molecule has 5 nitrogen and oxygen atoms in total. The zero-order chi connectivity index (χ0) is 14.6. The van der Waals surface area contributed by atoms with Crippen LogP contribution >= 0.6 is 10.7 Å². The third-order valence-electron chi connectivity index (χ3n) is 2.76. The van der Waals surface area contributed by atoms with E-state index in [0.717, 1.165) is 6.42 Å². The zero-order valence-corrected chi connectivity index (χ0v) is 12.2. The molecule has 0 fully saturated rings. The van der Waals surface area contributed by atoms with Crippen LogP contribution < -0.4 is 4.74 Å². The Morgan fingerprint density at radius 3 is 2.58 bits per heavy atom. The van der Waals surface area contributed by atoms with Gasteiger partial charge in [0, 0.05) is 10.7 Å². The number of hydrogen-bond acceptors (Lipinski definition) is 4. The highest BCUT2D eigenvalue weighted by atomic mass is 35.7. The number of rotatable bonds is 6. The predicted molar refractivity (Wildman–Crippen MR) is 71.3 cm³/mol. The standard InChI is InChI=1S/C12H15ClO5S/c1-3-8(2)10-6-9(19(13,16)17)4-5-11(10)18-7-12(14)15/h4-6,8H,3,7H2,1-2H3,(H,14,15). The van der Waals surface area contributed by atoms with E-state index in [-0.39, 0.29) is 10.8 Å². The molecule has 0 spiro atoms. The van der Waals surface area contributed by atoms with Gasteiger partial charge >= 0.3 is 5.97 Å². The number of carbonyl (C=O) groups is 1. The Kier molecular flexibility index (Phi) is 5.20. The highest BCUT2D eigenvalue weighted by Gasteiger charge is 2.17. The van der Waals surface area contributed by atoms with Crippen molar-refractivity contribution >= 4 is 25.7 Å². The van der Waals surface area contributed by atoms with Gasteiger partial charge in [-0.2, -0.15) is 0 Å². The second-order valence-electron chi connectivity index (χ2n) is 4.13. The Labute approximate surface area is 116 Å². The summed E-state index contributed by atoms with van der Waals surface area (Å²) in [5, 5.41) is 8.60. The summed E-state index contributed by atoms with van der Waals surface area (Å²) in [5.41, 5.74) is 0.630. The van der Waals surface area contributed by atoms with Crippen LogP contribution in [0.2, 0.25) is 0 Å². The van der Waals surface area contributed by atoms with Crippen LogP contribution in [0.4, 0.5) is 0 Å². The minimum Gasteiger partial charge on any atom is -0.482 e. The van der Waals surface area contributed by atoms with Gasteiger partial charge in [0.2, 0.25) is 0 Å². The summed E-state index contributed by atoms with van der Waals surface area (Å²) >= 11 is 0. The smallest absolute Gasteiger partial charge is 0.341 e. The van der Waals surface area contributed by atoms with Crippen LogP contribution in [0.1, 0.15) is 31.7 Å². The van der Waals surface area contributed by atoms with Crippen LogP contribution in [0, 0.1) is 0 Å². The van der Waals surface area contributed by atoms with Crippen LogP contribution in [-0.2, 0) is 13.8 Å². The number of ether oxygens (including phenoxy) is 1. The Bertz CT molecular complexity index is 567. The summed E-state index contributed by atoms with van der Waals surface area (Å²) in [6.45, 7) is 3.36. The second-order valence-corrected chi connectivity index (χ2v) is 6.70. The normalized spacial score (nSPS) is 13.0. The highest BCUT2D eigenvalue weighted by Crippen LogP contribution is 2.32. The average molecular weight is 307 g/mol. The summed E-state index contributed by atoms with van der Waals surface area (Å²) in [4.78, 5) is 10.5. The van der Waals surface area contributed by atoms with Crippen molar-refractivity contribution in [3.05, 3.63) is 23.8 Å². The molecule has 1 aromatic rings. The molecule has 0 saturated carbocycles. The molecule has 0 aliphatic carbocycles. The number of benzene rings is 1. The topological polar surface area (TPSA) is 80.7 Å². The maximum atomic E-state index is 11.3. The molecule has 0 saturated heterocycles. The fourth-order valence-corrected chi connectivity index (χ4v) is 2.34. The molecule has 0 bridgehead atoms. The van der Waals surface area contributed by atoms with Gasteiger partial charge in [0.15, 0.2) is 6.61 Å². The Morgan fingerprint density at radius 1 is 1.47 bits per heavy atom. The van der Waals surface area contributed by atoms with Crippen LogP contribution in [0.5, 0.6) is 5.75 Å². The minimum absolute atomic E-state index is 0.0212. The molecule has 7 heteroatoms. The van der Waals surface area contributed by atoms with Crippen molar-refractivity contribution in [2.24, 2.45) is 0 Å². The van der Waals surface area contributed by atoms with Crippen LogP contribution in [0.15, 0.2) is 23.1 Å². The van der Waals surface area contributed by atoms with Gasteiger partial charge in [-0.25, -0.2) is 13.2 Å². The monoisotopic (exact) mass is 306 g/mol. The molecule has 1 atom stereocenters. The molecule has 1 rings (SSSR count). The fraction of sp³-hybridized carbons (Fsp3) is 0.417. The quantitative estimate of drug-likeness (QED) is 0.817. The molecule has 1 unspecified atom stereocenters. The molecule has 0 amide bonds. The lowest BCUT2D eigenvalue weighted by atomic mass is 9.98. The van der Waals surface area contributed by atoms with E-state index in [2.05, 4.69) is 0 Å². The summed E-state index contributed by atoms with van der Waals surface area (Å²) in [6, 6.07) is 4.15. The molecule has 106 valence electrons. The first-order valence-corrected chi connectivity index (χ1v) is 7.99. The Balaban J connectivity index is 3.20. The zero-order valence-electron chi connectivity index (χ0n) is 10.6.